The van der Waals surface area contributed by atoms with E-state index < -0.39 is 0 Å². The minimum atomic E-state index is -0.388. The van der Waals surface area contributed by atoms with Gasteiger partial charge in [-0.3, -0.25) is 4.79 Å². The summed E-state index contributed by atoms with van der Waals surface area (Å²) in [6.45, 7) is 1.79. The normalized spacial score (nSPS) is 12.1. The zero-order chi connectivity index (χ0) is 19.7. The monoisotopic (exact) mass is 375 g/mol. The molecule has 2 aromatic heterocycles. The summed E-state index contributed by atoms with van der Waals surface area (Å²) in [5.74, 6) is -0.634. The van der Waals surface area contributed by atoms with Gasteiger partial charge in [0.1, 0.15) is 5.82 Å². The molecule has 0 saturated carbocycles. The van der Waals surface area contributed by atoms with Crippen LogP contribution in [0.2, 0.25) is 0 Å². The van der Waals surface area contributed by atoms with Crippen molar-refractivity contribution in [1.29, 1.82) is 0 Å². The lowest BCUT2D eigenvalue weighted by molar-refractivity contribution is -0.117. The van der Waals surface area contributed by atoms with Crippen molar-refractivity contribution < 1.29 is 9.18 Å². The van der Waals surface area contributed by atoms with Crippen LogP contribution in [0.4, 0.5) is 16.0 Å². The highest BCUT2D eigenvalue weighted by molar-refractivity contribution is 5.95. The molecule has 0 saturated heterocycles. The molecule has 0 bridgehead atoms. The molecule has 2 aromatic carbocycles. The molecule has 0 aliphatic carbocycles. The smallest absolute Gasteiger partial charge is 0.240 e. The van der Waals surface area contributed by atoms with Gasteiger partial charge < -0.3 is 11.1 Å². The maximum atomic E-state index is 13.0. The number of hydrogen-bond acceptors (Lipinski definition) is 4. The Morgan fingerprint density at radius 2 is 1.79 bits per heavy atom. The van der Waals surface area contributed by atoms with E-state index in [4.69, 9.17) is 5.73 Å². The van der Waals surface area contributed by atoms with E-state index in [9.17, 15) is 9.18 Å². The van der Waals surface area contributed by atoms with Crippen LogP contribution in [0.5, 0.6) is 0 Å². The average Bonchev–Trinajstić information content (AvgIpc) is 3.07. The van der Waals surface area contributed by atoms with Crippen molar-refractivity contribution in [3.63, 3.8) is 0 Å². The second-order valence-corrected chi connectivity index (χ2v) is 6.53. The van der Waals surface area contributed by atoms with Crippen molar-refractivity contribution in [2.75, 3.05) is 11.1 Å². The second kappa shape index (κ2) is 7.11. The molecule has 0 aliphatic heterocycles. The summed E-state index contributed by atoms with van der Waals surface area (Å²) >= 11 is 0. The molecular weight excluding hydrogens is 357 g/mol. The fourth-order valence-electron chi connectivity index (χ4n) is 2.98. The van der Waals surface area contributed by atoms with Gasteiger partial charge in [0.2, 0.25) is 11.9 Å². The van der Waals surface area contributed by atoms with Gasteiger partial charge in [0, 0.05) is 11.9 Å². The first-order valence-electron chi connectivity index (χ1n) is 8.78. The molecule has 0 spiro atoms. The van der Waals surface area contributed by atoms with Crippen LogP contribution in [0.3, 0.4) is 0 Å². The summed E-state index contributed by atoms with van der Waals surface area (Å²) in [4.78, 5) is 16.6. The lowest BCUT2D eigenvalue weighted by Gasteiger charge is -2.13. The SMILES string of the molecule is CC(C(=O)Nc1ccc(-c2ccn3nc(N)nc3c2)cc1)c1ccc(F)cc1. The molecule has 4 aromatic rings. The predicted octanol–water partition coefficient (Wildman–Crippen LogP) is 3.86. The molecule has 3 N–H and O–H groups in total. The number of rotatable bonds is 4. The Morgan fingerprint density at radius 3 is 2.50 bits per heavy atom. The van der Waals surface area contributed by atoms with Gasteiger partial charge in [0.15, 0.2) is 5.65 Å². The Bertz CT molecular complexity index is 1140. The molecule has 2 heterocycles. The summed E-state index contributed by atoms with van der Waals surface area (Å²) in [7, 11) is 0. The third kappa shape index (κ3) is 3.55. The van der Waals surface area contributed by atoms with Crippen molar-refractivity contribution in [2.45, 2.75) is 12.8 Å². The first kappa shape index (κ1) is 17.7. The van der Waals surface area contributed by atoms with Crippen LogP contribution >= 0.6 is 0 Å². The number of nitrogens with two attached hydrogens (primary N) is 1. The zero-order valence-electron chi connectivity index (χ0n) is 15.1. The van der Waals surface area contributed by atoms with Crippen LogP contribution < -0.4 is 11.1 Å². The third-order valence-corrected chi connectivity index (χ3v) is 4.60. The van der Waals surface area contributed by atoms with Crippen molar-refractivity contribution in [1.82, 2.24) is 14.6 Å². The number of fused-ring (bicyclic) bond motifs is 1. The lowest BCUT2D eigenvalue weighted by atomic mass is 10.00. The van der Waals surface area contributed by atoms with Crippen molar-refractivity contribution >= 4 is 23.2 Å². The van der Waals surface area contributed by atoms with Gasteiger partial charge in [-0.1, -0.05) is 24.3 Å². The van der Waals surface area contributed by atoms with E-state index in [-0.39, 0.29) is 23.6 Å². The molecule has 0 fully saturated rings. The topological polar surface area (TPSA) is 85.3 Å². The maximum absolute atomic E-state index is 13.0. The highest BCUT2D eigenvalue weighted by Crippen LogP contribution is 2.24. The van der Waals surface area contributed by atoms with E-state index in [1.54, 1.807) is 29.8 Å². The number of carbonyl (C=O) groups excluding carboxylic acids is 1. The Balaban J connectivity index is 1.49. The van der Waals surface area contributed by atoms with Crippen molar-refractivity contribution in [3.05, 3.63) is 78.2 Å². The van der Waals surface area contributed by atoms with Gasteiger partial charge in [0.25, 0.3) is 0 Å². The van der Waals surface area contributed by atoms with Gasteiger partial charge in [0.05, 0.1) is 5.92 Å². The van der Waals surface area contributed by atoms with Crippen molar-refractivity contribution in [2.24, 2.45) is 0 Å². The van der Waals surface area contributed by atoms with Crippen LogP contribution in [-0.2, 0) is 4.79 Å². The Kier molecular flexibility index (Phi) is 4.49. The van der Waals surface area contributed by atoms with Crippen LogP contribution in [0.1, 0.15) is 18.4 Å². The molecule has 7 heteroatoms. The molecule has 1 unspecified atom stereocenters. The third-order valence-electron chi connectivity index (χ3n) is 4.60. The number of nitrogen functional groups attached to an aromatic ring is 1. The summed E-state index contributed by atoms with van der Waals surface area (Å²) in [6, 6.07) is 17.3. The molecule has 1 atom stereocenters. The van der Waals surface area contributed by atoms with Gasteiger partial charge in [-0.05, 0) is 60.0 Å². The Morgan fingerprint density at radius 1 is 1.07 bits per heavy atom. The number of aromatic nitrogens is 3. The molecule has 0 radical (unpaired) electrons. The van der Waals surface area contributed by atoms with Crippen LogP contribution in [-0.4, -0.2) is 20.5 Å². The van der Waals surface area contributed by atoms with Gasteiger partial charge in [-0.2, -0.15) is 4.98 Å². The minimum Gasteiger partial charge on any atom is -0.366 e. The number of anilines is 2. The molecule has 6 nitrogen and oxygen atoms in total. The number of amides is 1. The number of halogens is 1. The number of carbonyl (C=O) groups is 1. The molecule has 28 heavy (non-hydrogen) atoms. The summed E-state index contributed by atoms with van der Waals surface area (Å²) in [5.41, 5.74) is 9.69. The predicted molar refractivity (Wildman–Crippen MR) is 106 cm³/mol. The number of benzene rings is 2. The van der Waals surface area contributed by atoms with Crippen LogP contribution in [0.25, 0.3) is 16.8 Å². The fourth-order valence-corrected chi connectivity index (χ4v) is 2.98. The Labute approximate surface area is 160 Å². The van der Waals surface area contributed by atoms with E-state index in [1.807, 2.05) is 36.4 Å². The number of pyridine rings is 1. The van der Waals surface area contributed by atoms with Crippen molar-refractivity contribution in [3.8, 4) is 11.1 Å². The van der Waals surface area contributed by atoms with Gasteiger partial charge in [-0.25, -0.2) is 8.91 Å². The minimum absolute atomic E-state index is 0.153. The zero-order valence-corrected chi connectivity index (χ0v) is 15.1. The molecule has 4 rings (SSSR count). The molecule has 1 amide bonds. The quantitative estimate of drug-likeness (QED) is 0.567. The highest BCUT2D eigenvalue weighted by atomic mass is 19.1. The first-order valence-corrected chi connectivity index (χ1v) is 8.78. The summed E-state index contributed by atoms with van der Waals surface area (Å²) in [6.07, 6.45) is 1.80. The molecule has 140 valence electrons. The first-order chi connectivity index (χ1) is 13.5. The average molecular weight is 375 g/mol. The second-order valence-electron chi connectivity index (χ2n) is 6.53. The van der Waals surface area contributed by atoms with E-state index in [0.29, 0.717) is 11.3 Å². The largest absolute Gasteiger partial charge is 0.366 e. The number of nitrogens with zero attached hydrogens (tertiary/aromatic N) is 3. The highest BCUT2D eigenvalue weighted by Gasteiger charge is 2.15. The number of nitrogens with one attached hydrogen (secondary N) is 1. The summed E-state index contributed by atoms with van der Waals surface area (Å²) < 4.78 is 14.7. The van der Waals surface area contributed by atoms with E-state index >= 15 is 0 Å². The molecule has 0 aliphatic rings. The standard InChI is InChI=1S/C21H18FN5O/c1-13(14-2-6-17(22)7-3-14)20(28)24-18-8-4-15(5-9-18)16-10-11-27-19(12-16)25-21(23)26-27/h2-13H,1H3,(H2,23,26)(H,24,28). The maximum Gasteiger partial charge on any atom is 0.240 e. The fraction of sp³-hybridized carbons (Fsp3) is 0.0952. The van der Waals surface area contributed by atoms with Gasteiger partial charge >= 0.3 is 0 Å². The van der Waals surface area contributed by atoms with E-state index in [2.05, 4.69) is 15.4 Å². The van der Waals surface area contributed by atoms with Crippen LogP contribution in [0, 0.1) is 5.82 Å². The summed E-state index contributed by atoms with van der Waals surface area (Å²) in [5, 5.41) is 6.95. The van der Waals surface area contributed by atoms with Crippen LogP contribution in [0.15, 0.2) is 66.9 Å². The number of hydrogen-bond donors (Lipinski definition) is 2. The van der Waals surface area contributed by atoms with Gasteiger partial charge in [-0.15, -0.1) is 5.10 Å². The van der Waals surface area contributed by atoms with E-state index in [1.165, 1.54) is 12.1 Å². The lowest BCUT2D eigenvalue weighted by Crippen LogP contribution is -2.18. The molecular formula is C21H18FN5O. The Hall–Kier alpha value is -3.74. The van der Waals surface area contributed by atoms with E-state index in [0.717, 1.165) is 16.7 Å².